The number of thioether (sulfide) groups is 1. The monoisotopic (exact) mass is 284 g/mol. The van der Waals surface area contributed by atoms with Gasteiger partial charge in [0.2, 0.25) is 0 Å². The highest BCUT2D eigenvalue weighted by Crippen LogP contribution is 2.35. The van der Waals surface area contributed by atoms with E-state index in [4.69, 9.17) is 4.74 Å². The Kier molecular flexibility index (Phi) is 4.14. The summed E-state index contributed by atoms with van der Waals surface area (Å²) in [6, 6.07) is 0.811. The average Bonchev–Trinajstić information content (AvgIpc) is 3.06. The zero-order valence-electron chi connectivity index (χ0n) is 12.4. The van der Waals surface area contributed by atoms with Gasteiger partial charge in [0.1, 0.15) is 0 Å². The number of rotatable bonds is 5. The standard InChI is InChI=1S/C15H28N2OS/c1-14(2)10-17(6-8-19-14)11-15(5-7-18-12-15)9-16-13-3-4-13/h13,16H,3-12H2,1-2H3. The van der Waals surface area contributed by atoms with E-state index < -0.39 is 0 Å². The highest BCUT2D eigenvalue weighted by molar-refractivity contribution is 8.00. The van der Waals surface area contributed by atoms with E-state index in [9.17, 15) is 0 Å². The third-order valence-corrected chi connectivity index (χ3v) is 5.89. The Morgan fingerprint density at radius 1 is 1.37 bits per heavy atom. The molecule has 3 fully saturated rings. The van der Waals surface area contributed by atoms with Gasteiger partial charge in [-0.25, -0.2) is 0 Å². The second-order valence-electron chi connectivity index (χ2n) is 7.28. The molecule has 1 N–H and O–H groups in total. The SMILES string of the molecule is CC1(C)CN(CC2(CNC3CC3)CCOC2)CCS1. The molecule has 0 aromatic rings. The maximum absolute atomic E-state index is 5.73. The normalized spacial score (nSPS) is 35.7. The van der Waals surface area contributed by atoms with Gasteiger partial charge in [-0.15, -0.1) is 0 Å². The van der Waals surface area contributed by atoms with E-state index >= 15 is 0 Å². The van der Waals surface area contributed by atoms with Crippen molar-refractivity contribution in [1.82, 2.24) is 10.2 Å². The van der Waals surface area contributed by atoms with Crippen LogP contribution in [0.3, 0.4) is 0 Å². The Bertz CT molecular complexity index is 311. The van der Waals surface area contributed by atoms with Crippen molar-refractivity contribution in [3.05, 3.63) is 0 Å². The molecule has 110 valence electrons. The van der Waals surface area contributed by atoms with Crippen LogP contribution in [0.4, 0.5) is 0 Å². The van der Waals surface area contributed by atoms with E-state index in [-0.39, 0.29) is 0 Å². The van der Waals surface area contributed by atoms with Crippen molar-refractivity contribution in [2.75, 3.05) is 45.1 Å². The minimum Gasteiger partial charge on any atom is -0.381 e. The lowest BCUT2D eigenvalue weighted by molar-refractivity contribution is 0.105. The summed E-state index contributed by atoms with van der Waals surface area (Å²) in [6.07, 6.45) is 3.99. The Morgan fingerprint density at radius 2 is 2.21 bits per heavy atom. The van der Waals surface area contributed by atoms with Crippen molar-refractivity contribution in [2.24, 2.45) is 5.41 Å². The van der Waals surface area contributed by atoms with Crippen LogP contribution >= 0.6 is 11.8 Å². The summed E-state index contributed by atoms with van der Waals surface area (Å²) in [5.41, 5.74) is 0.376. The van der Waals surface area contributed by atoms with E-state index in [1.807, 2.05) is 0 Å². The smallest absolute Gasteiger partial charge is 0.0547 e. The van der Waals surface area contributed by atoms with Crippen LogP contribution in [0.5, 0.6) is 0 Å². The van der Waals surface area contributed by atoms with Crippen molar-refractivity contribution in [2.45, 2.75) is 43.9 Å². The topological polar surface area (TPSA) is 24.5 Å². The van der Waals surface area contributed by atoms with Crippen LogP contribution in [0.15, 0.2) is 0 Å². The second-order valence-corrected chi connectivity index (χ2v) is 9.08. The summed E-state index contributed by atoms with van der Waals surface area (Å²) >= 11 is 2.12. The van der Waals surface area contributed by atoms with E-state index in [1.54, 1.807) is 0 Å². The molecule has 0 aromatic heterocycles. The number of ether oxygens (including phenoxy) is 1. The molecule has 1 atom stereocenters. The Balaban J connectivity index is 1.57. The van der Waals surface area contributed by atoms with E-state index in [0.29, 0.717) is 10.2 Å². The molecule has 3 rings (SSSR count). The van der Waals surface area contributed by atoms with Gasteiger partial charge in [0.05, 0.1) is 6.61 Å². The first kappa shape index (κ1) is 14.2. The quantitative estimate of drug-likeness (QED) is 0.834. The molecular formula is C15H28N2OS. The largest absolute Gasteiger partial charge is 0.381 e. The zero-order chi connectivity index (χ0) is 13.3. The number of nitrogens with zero attached hydrogens (tertiary/aromatic N) is 1. The molecule has 3 nitrogen and oxygen atoms in total. The van der Waals surface area contributed by atoms with Gasteiger partial charge >= 0.3 is 0 Å². The molecule has 0 bridgehead atoms. The average molecular weight is 284 g/mol. The van der Waals surface area contributed by atoms with Crippen molar-refractivity contribution < 1.29 is 4.74 Å². The van der Waals surface area contributed by atoms with E-state index in [2.05, 4.69) is 35.8 Å². The maximum Gasteiger partial charge on any atom is 0.0547 e. The lowest BCUT2D eigenvalue weighted by Gasteiger charge is -2.42. The minimum atomic E-state index is 0.376. The molecule has 4 heteroatoms. The number of hydrogen-bond acceptors (Lipinski definition) is 4. The van der Waals surface area contributed by atoms with Crippen LogP contribution in [0, 0.1) is 5.41 Å². The lowest BCUT2D eigenvalue weighted by atomic mass is 9.86. The van der Waals surface area contributed by atoms with Crippen LogP contribution in [0.1, 0.15) is 33.1 Å². The molecule has 0 spiro atoms. The fourth-order valence-electron chi connectivity index (χ4n) is 3.34. The lowest BCUT2D eigenvalue weighted by Crippen LogP contribution is -2.51. The molecule has 0 amide bonds. The molecule has 1 saturated carbocycles. The van der Waals surface area contributed by atoms with Crippen LogP contribution in [0.2, 0.25) is 0 Å². The first-order valence-electron chi connectivity index (χ1n) is 7.75. The summed E-state index contributed by atoms with van der Waals surface area (Å²) in [4.78, 5) is 2.68. The van der Waals surface area contributed by atoms with Gasteiger partial charge in [0, 0.05) is 54.7 Å². The molecule has 19 heavy (non-hydrogen) atoms. The van der Waals surface area contributed by atoms with E-state index in [1.165, 1.54) is 44.6 Å². The van der Waals surface area contributed by atoms with Gasteiger partial charge < -0.3 is 15.0 Å². The Labute approximate surface area is 121 Å². The summed E-state index contributed by atoms with van der Waals surface area (Å²) in [5, 5.41) is 3.74. The van der Waals surface area contributed by atoms with Crippen molar-refractivity contribution in [1.29, 1.82) is 0 Å². The third kappa shape index (κ3) is 3.87. The first-order valence-corrected chi connectivity index (χ1v) is 8.73. The van der Waals surface area contributed by atoms with Gasteiger partial charge in [-0.3, -0.25) is 0 Å². The second kappa shape index (κ2) is 5.55. The van der Waals surface area contributed by atoms with Gasteiger partial charge in [0.15, 0.2) is 0 Å². The van der Waals surface area contributed by atoms with Crippen molar-refractivity contribution in [3.8, 4) is 0 Å². The summed E-state index contributed by atoms with van der Waals surface area (Å²) in [6.45, 7) is 11.5. The van der Waals surface area contributed by atoms with Crippen LogP contribution < -0.4 is 5.32 Å². The zero-order valence-corrected chi connectivity index (χ0v) is 13.2. The fraction of sp³-hybridized carbons (Fsp3) is 1.00. The summed E-state index contributed by atoms with van der Waals surface area (Å²) in [5.74, 6) is 1.28. The van der Waals surface area contributed by atoms with E-state index in [0.717, 1.165) is 25.8 Å². The molecule has 0 aromatic carbocycles. The number of hydrogen-bond donors (Lipinski definition) is 1. The highest BCUT2D eigenvalue weighted by Gasteiger charge is 2.39. The summed E-state index contributed by atoms with van der Waals surface area (Å²) in [7, 11) is 0. The molecule has 0 radical (unpaired) electrons. The molecule has 2 saturated heterocycles. The van der Waals surface area contributed by atoms with Crippen LogP contribution in [-0.4, -0.2) is 60.8 Å². The molecule has 1 unspecified atom stereocenters. The fourth-order valence-corrected chi connectivity index (χ4v) is 4.52. The van der Waals surface area contributed by atoms with Gasteiger partial charge in [0.25, 0.3) is 0 Å². The van der Waals surface area contributed by atoms with Gasteiger partial charge in [-0.2, -0.15) is 11.8 Å². The Morgan fingerprint density at radius 3 is 2.84 bits per heavy atom. The number of nitrogens with one attached hydrogen (secondary N) is 1. The van der Waals surface area contributed by atoms with Crippen LogP contribution in [0.25, 0.3) is 0 Å². The van der Waals surface area contributed by atoms with Crippen LogP contribution in [-0.2, 0) is 4.74 Å². The predicted molar refractivity (Wildman–Crippen MR) is 81.9 cm³/mol. The highest BCUT2D eigenvalue weighted by atomic mass is 32.2. The molecule has 2 heterocycles. The third-order valence-electron chi connectivity index (χ3n) is 4.59. The minimum absolute atomic E-state index is 0.376. The van der Waals surface area contributed by atoms with Gasteiger partial charge in [-0.1, -0.05) is 0 Å². The maximum atomic E-state index is 5.73. The van der Waals surface area contributed by atoms with Gasteiger partial charge in [-0.05, 0) is 33.1 Å². The molecule has 3 aliphatic rings. The molecule has 2 aliphatic heterocycles. The van der Waals surface area contributed by atoms with Crippen molar-refractivity contribution >= 4 is 11.8 Å². The molecular weight excluding hydrogens is 256 g/mol. The summed E-state index contributed by atoms with van der Waals surface area (Å²) < 4.78 is 6.15. The van der Waals surface area contributed by atoms with Crippen molar-refractivity contribution in [3.63, 3.8) is 0 Å². The Hall–Kier alpha value is 0.230. The predicted octanol–water partition coefficient (Wildman–Crippen LogP) is 1.97. The first-order chi connectivity index (χ1) is 9.07. The molecule has 1 aliphatic carbocycles.